The smallest absolute Gasteiger partial charge is 0.191 e. The lowest BCUT2D eigenvalue weighted by molar-refractivity contribution is 0.0294. The van der Waals surface area contributed by atoms with Gasteiger partial charge in [0, 0.05) is 25.9 Å². The van der Waals surface area contributed by atoms with Crippen LogP contribution in [0.2, 0.25) is 0 Å². The van der Waals surface area contributed by atoms with Crippen molar-refractivity contribution in [2.24, 2.45) is 0 Å². The molecule has 0 aromatic heterocycles. The second-order valence-corrected chi connectivity index (χ2v) is 9.73. The Kier molecular flexibility index (Phi) is 5.80. The van der Waals surface area contributed by atoms with E-state index in [1.807, 2.05) is 84.9 Å². The van der Waals surface area contributed by atoms with Crippen molar-refractivity contribution in [1.29, 1.82) is 0 Å². The summed E-state index contributed by atoms with van der Waals surface area (Å²) in [7, 11) is 0. The SMILES string of the molecule is OC1(c2ccccc2)[C@H](c2ccccc2)N(c2ccc(Br)cc2)CN1c1ccc(Br)cc1. The molecule has 5 heteroatoms. The third kappa shape index (κ3) is 3.75. The number of hydrogen-bond acceptors (Lipinski definition) is 3. The van der Waals surface area contributed by atoms with Crippen molar-refractivity contribution in [1.82, 2.24) is 0 Å². The Hall–Kier alpha value is -2.60. The summed E-state index contributed by atoms with van der Waals surface area (Å²) in [6.07, 6.45) is 0. The third-order valence-electron chi connectivity index (χ3n) is 6.01. The summed E-state index contributed by atoms with van der Waals surface area (Å²) in [6, 6.07) is 36.3. The normalized spacial score (nSPS) is 20.5. The van der Waals surface area contributed by atoms with E-state index in [4.69, 9.17) is 0 Å². The van der Waals surface area contributed by atoms with Crippen LogP contribution < -0.4 is 9.80 Å². The monoisotopic (exact) mass is 548 g/mol. The van der Waals surface area contributed by atoms with Crippen molar-refractivity contribution < 1.29 is 5.11 Å². The third-order valence-corrected chi connectivity index (χ3v) is 7.07. The van der Waals surface area contributed by atoms with Gasteiger partial charge in [-0.2, -0.15) is 0 Å². The minimum Gasteiger partial charge on any atom is -0.365 e. The van der Waals surface area contributed by atoms with Gasteiger partial charge in [-0.05, 0) is 54.1 Å². The van der Waals surface area contributed by atoms with E-state index in [2.05, 4.69) is 65.9 Å². The lowest BCUT2D eigenvalue weighted by Gasteiger charge is -2.39. The predicted molar refractivity (Wildman–Crippen MR) is 138 cm³/mol. The van der Waals surface area contributed by atoms with Crippen LogP contribution in [0.25, 0.3) is 0 Å². The Morgan fingerprint density at radius 3 is 1.72 bits per heavy atom. The van der Waals surface area contributed by atoms with E-state index in [1.165, 1.54) is 0 Å². The van der Waals surface area contributed by atoms with E-state index < -0.39 is 5.72 Å². The van der Waals surface area contributed by atoms with E-state index in [0.29, 0.717) is 6.67 Å². The Balaban J connectivity index is 1.73. The number of nitrogens with zero attached hydrogens (tertiary/aromatic N) is 2. The van der Waals surface area contributed by atoms with Gasteiger partial charge in [-0.3, -0.25) is 0 Å². The van der Waals surface area contributed by atoms with Crippen LogP contribution in [-0.2, 0) is 5.72 Å². The van der Waals surface area contributed by atoms with Gasteiger partial charge in [0.1, 0.15) is 6.04 Å². The second kappa shape index (κ2) is 8.74. The highest BCUT2D eigenvalue weighted by atomic mass is 79.9. The Morgan fingerprint density at radius 2 is 1.16 bits per heavy atom. The van der Waals surface area contributed by atoms with Crippen molar-refractivity contribution in [3.8, 4) is 0 Å². The number of aliphatic hydroxyl groups is 1. The molecule has 0 spiro atoms. The van der Waals surface area contributed by atoms with E-state index >= 15 is 0 Å². The molecular weight excluding hydrogens is 528 g/mol. The van der Waals surface area contributed by atoms with Gasteiger partial charge in [0.2, 0.25) is 0 Å². The molecule has 4 aromatic rings. The predicted octanol–water partition coefficient (Wildman–Crippen LogP) is 7.08. The molecule has 3 nitrogen and oxygen atoms in total. The molecule has 1 saturated heterocycles. The molecule has 0 bridgehead atoms. The van der Waals surface area contributed by atoms with Crippen molar-refractivity contribution in [2.75, 3.05) is 16.5 Å². The first-order chi connectivity index (χ1) is 15.6. The molecule has 1 fully saturated rings. The minimum absolute atomic E-state index is 0.309. The number of hydrogen-bond donors (Lipinski definition) is 1. The second-order valence-electron chi connectivity index (χ2n) is 7.90. The fourth-order valence-corrected chi connectivity index (χ4v) is 5.04. The first-order valence-corrected chi connectivity index (χ1v) is 12.0. The maximum absolute atomic E-state index is 12.6. The van der Waals surface area contributed by atoms with Gasteiger partial charge in [-0.1, -0.05) is 92.5 Å². The highest BCUT2D eigenvalue weighted by Gasteiger charge is 2.54. The van der Waals surface area contributed by atoms with Crippen LogP contribution in [0.1, 0.15) is 17.2 Å². The van der Waals surface area contributed by atoms with Gasteiger partial charge in [0.25, 0.3) is 0 Å². The molecule has 32 heavy (non-hydrogen) atoms. The standard InChI is InChI=1S/C27H22Br2N2O/c28-22-11-15-24(16-12-22)30-19-31(25-17-13-23(29)14-18-25)27(32,21-9-5-2-6-10-21)26(30)20-7-3-1-4-8-20/h1-18,26,32H,19H2/t26-,27?/m0/s1. The van der Waals surface area contributed by atoms with E-state index in [9.17, 15) is 5.11 Å². The van der Waals surface area contributed by atoms with Gasteiger partial charge in [-0.15, -0.1) is 0 Å². The summed E-state index contributed by atoms with van der Waals surface area (Å²) in [6.45, 7) is 0.536. The van der Waals surface area contributed by atoms with Crippen molar-refractivity contribution in [3.05, 3.63) is 129 Å². The molecule has 1 heterocycles. The minimum atomic E-state index is -1.27. The zero-order valence-electron chi connectivity index (χ0n) is 17.3. The molecule has 5 rings (SSSR count). The largest absolute Gasteiger partial charge is 0.365 e. The number of halogens is 2. The van der Waals surface area contributed by atoms with E-state index in [-0.39, 0.29) is 6.04 Å². The summed E-state index contributed by atoms with van der Waals surface area (Å²) in [5.74, 6) is 0. The Morgan fingerprint density at radius 1 is 0.656 bits per heavy atom. The molecule has 0 aliphatic carbocycles. The molecular formula is C27H22Br2N2O. The average molecular weight is 550 g/mol. The fourth-order valence-electron chi connectivity index (χ4n) is 4.51. The lowest BCUT2D eigenvalue weighted by atomic mass is 9.88. The van der Waals surface area contributed by atoms with Crippen LogP contribution in [0.4, 0.5) is 11.4 Å². The number of benzene rings is 4. The van der Waals surface area contributed by atoms with Crippen LogP contribution in [0.5, 0.6) is 0 Å². The summed E-state index contributed by atoms with van der Waals surface area (Å²) in [5.41, 5.74) is 2.65. The first-order valence-electron chi connectivity index (χ1n) is 10.5. The van der Waals surface area contributed by atoms with Crippen LogP contribution in [0, 0.1) is 0 Å². The van der Waals surface area contributed by atoms with Crippen LogP contribution in [-0.4, -0.2) is 11.8 Å². The quantitative estimate of drug-likeness (QED) is 0.294. The highest BCUT2D eigenvalue weighted by molar-refractivity contribution is 9.10. The Labute approximate surface area is 205 Å². The van der Waals surface area contributed by atoms with Gasteiger partial charge >= 0.3 is 0 Å². The maximum Gasteiger partial charge on any atom is 0.191 e. The molecule has 4 aromatic carbocycles. The molecule has 1 aliphatic heterocycles. The fraction of sp³-hybridized carbons (Fsp3) is 0.111. The van der Waals surface area contributed by atoms with E-state index in [1.54, 1.807) is 0 Å². The molecule has 1 unspecified atom stereocenters. The summed E-state index contributed by atoms with van der Waals surface area (Å²) in [4.78, 5) is 4.37. The van der Waals surface area contributed by atoms with Crippen LogP contribution >= 0.6 is 31.9 Å². The first kappa shape index (κ1) is 21.3. The van der Waals surface area contributed by atoms with Gasteiger partial charge in [0.05, 0.1) is 6.67 Å². The van der Waals surface area contributed by atoms with Crippen molar-refractivity contribution in [2.45, 2.75) is 11.8 Å². The molecule has 160 valence electrons. The lowest BCUT2D eigenvalue weighted by Crippen LogP contribution is -2.45. The van der Waals surface area contributed by atoms with Gasteiger partial charge in [0.15, 0.2) is 5.72 Å². The Bertz CT molecular complexity index is 1180. The van der Waals surface area contributed by atoms with Crippen LogP contribution in [0.3, 0.4) is 0 Å². The maximum atomic E-state index is 12.6. The summed E-state index contributed by atoms with van der Waals surface area (Å²) in [5, 5.41) is 12.6. The average Bonchev–Trinajstić information content (AvgIpc) is 3.15. The zero-order valence-corrected chi connectivity index (χ0v) is 20.4. The zero-order chi connectivity index (χ0) is 22.1. The van der Waals surface area contributed by atoms with Crippen molar-refractivity contribution >= 4 is 43.2 Å². The molecule has 2 atom stereocenters. The van der Waals surface area contributed by atoms with E-state index in [0.717, 1.165) is 31.4 Å². The number of rotatable bonds is 4. The highest BCUT2D eigenvalue weighted by Crippen LogP contribution is 2.50. The summed E-state index contributed by atoms with van der Waals surface area (Å²) >= 11 is 7.08. The molecule has 0 saturated carbocycles. The van der Waals surface area contributed by atoms with Gasteiger partial charge in [-0.25, -0.2) is 0 Å². The van der Waals surface area contributed by atoms with Crippen LogP contribution in [0.15, 0.2) is 118 Å². The molecule has 0 radical (unpaired) electrons. The topological polar surface area (TPSA) is 26.7 Å². The molecule has 0 amide bonds. The van der Waals surface area contributed by atoms with Gasteiger partial charge < -0.3 is 14.9 Å². The summed E-state index contributed by atoms with van der Waals surface area (Å²) < 4.78 is 2.04. The molecule has 1 N–H and O–H groups in total. The number of anilines is 2. The molecule has 1 aliphatic rings. The van der Waals surface area contributed by atoms with Crippen molar-refractivity contribution in [3.63, 3.8) is 0 Å².